The maximum atomic E-state index is 13.7. The highest BCUT2D eigenvalue weighted by Gasteiger charge is 2.22. The molecule has 1 atom stereocenters. The third-order valence-corrected chi connectivity index (χ3v) is 7.09. The molecule has 2 saturated heterocycles. The summed E-state index contributed by atoms with van der Waals surface area (Å²) in [6.07, 6.45) is 11.4. The molecule has 1 N–H and O–H groups in total. The highest BCUT2D eigenvalue weighted by atomic mass is 19.1. The van der Waals surface area contributed by atoms with Crippen molar-refractivity contribution in [2.75, 3.05) is 60.9 Å². The molecule has 0 bridgehead atoms. The summed E-state index contributed by atoms with van der Waals surface area (Å²) in [5.41, 5.74) is 0.940. The van der Waals surface area contributed by atoms with Gasteiger partial charge in [0.15, 0.2) is 0 Å². The van der Waals surface area contributed by atoms with Crippen LogP contribution < -0.4 is 15.1 Å². The van der Waals surface area contributed by atoms with Crippen molar-refractivity contribution in [3.8, 4) is 0 Å². The fraction of sp³-hybridized carbons (Fsp3) is 0.593. The number of nitrogens with one attached hydrogen (secondary N) is 1. The van der Waals surface area contributed by atoms with E-state index in [9.17, 15) is 9.18 Å². The second-order valence-electron chi connectivity index (χ2n) is 9.72. The average Bonchev–Trinajstić information content (AvgIpc) is 2.89. The minimum atomic E-state index is -0.191. The summed E-state index contributed by atoms with van der Waals surface area (Å²) in [6.45, 7) is 7.01. The van der Waals surface area contributed by atoms with Crippen molar-refractivity contribution < 1.29 is 9.18 Å². The van der Waals surface area contributed by atoms with E-state index in [1.807, 2.05) is 6.07 Å². The lowest BCUT2D eigenvalue weighted by molar-refractivity contribution is -0.107. The van der Waals surface area contributed by atoms with Crippen molar-refractivity contribution in [1.82, 2.24) is 14.9 Å². The van der Waals surface area contributed by atoms with E-state index in [1.165, 1.54) is 31.7 Å². The number of carbonyl (C=O) groups excluding carboxylic acids is 1. The number of piperazine rings is 1. The van der Waals surface area contributed by atoms with Crippen LogP contribution in [-0.2, 0) is 4.79 Å². The van der Waals surface area contributed by atoms with Gasteiger partial charge in [0.1, 0.15) is 30.1 Å². The summed E-state index contributed by atoms with van der Waals surface area (Å²) < 4.78 is 13.7. The molecule has 0 unspecified atom stereocenters. The van der Waals surface area contributed by atoms with Crippen molar-refractivity contribution in [2.24, 2.45) is 0 Å². The fourth-order valence-corrected chi connectivity index (χ4v) is 5.10. The number of hydrogen-bond donors (Lipinski definition) is 1. The number of benzene rings is 1. The van der Waals surface area contributed by atoms with Gasteiger partial charge in [-0.15, -0.1) is 0 Å². The van der Waals surface area contributed by atoms with Gasteiger partial charge in [-0.3, -0.25) is 4.90 Å². The van der Waals surface area contributed by atoms with E-state index in [-0.39, 0.29) is 11.9 Å². The van der Waals surface area contributed by atoms with Crippen LogP contribution in [0.1, 0.15) is 51.4 Å². The zero-order valence-electron chi connectivity index (χ0n) is 20.7. The van der Waals surface area contributed by atoms with E-state index in [2.05, 4.69) is 36.1 Å². The van der Waals surface area contributed by atoms with Crippen LogP contribution >= 0.6 is 0 Å². The van der Waals surface area contributed by atoms with Gasteiger partial charge in [-0.05, 0) is 50.4 Å². The van der Waals surface area contributed by atoms with E-state index in [1.54, 1.807) is 18.5 Å². The number of rotatable bonds is 12. The Morgan fingerprint density at radius 3 is 2.63 bits per heavy atom. The van der Waals surface area contributed by atoms with Crippen LogP contribution in [-0.4, -0.2) is 73.0 Å². The lowest BCUT2D eigenvalue weighted by Crippen LogP contribution is -2.47. The maximum Gasteiger partial charge on any atom is 0.134 e. The predicted molar refractivity (Wildman–Crippen MR) is 140 cm³/mol. The molecule has 1 aromatic heterocycles. The predicted octanol–water partition coefficient (Wildman–Crippen LogP) is 4.36. The van der Waals surface area contributed by atoms with Gasteiger partial charge < -0.3 is 19.9 Å². The highest BCUT2D eigenvalue weighted by molar-refractivity contribution is 5.51. The molecule has 8 heteroatoms. The first-order valence-electron chi connectivity index (χ1n) is 13.2. The Morgan fingerprint density at radius 1 is 0.971 bits per heavy atom. The Morgan fingerprint density at radius 2 is 1.80 bits per heavy atom. The summed E-state index contributed by atoms with van der Waals surface area (Å²) in [7, 11) is 0. The quantitative estimate of drug-likeness (QED) is 0.356. The van der Waals surface area contributed by atoms with E-state index >= 15 is 0 Å². The molecule has 4 rings (SSSR count). The van der Waals surface area contributed by atoms with Crippen molar-refractivity contribution in [2.45, 2.75) is 57.4 Å². The summed E-state index contributed by atoms with van der Waals surface area (Å²) in [6, 6.07) is 9.19. The molecular formula is C27H39FN6O. The van der Waals surface area contributed by atoms with Crippen LogP contribution in [0.2, 0.25) is 0 Å². The zero-order valence-corrected chi connectivity index (χ0v) is 20.7. The Balaban J connectivity index is 1.21. The Labute approximate surface area is 208 Å². The molecule has 2 aliphatic rings. The van der Waals surface area contributed by atoms with Gasteiger partial charge in [-0.2, -0.15) is 0 Å². The molecule has 0 saturated carbocycles. The third-order valence-electron chi connectivity index (χ3n) is 7.09. The van der Waals surface area contributed by atoms with E-state index in [0.29, 0.717) is 6.42 Å². The molecule has 7 nitrogen and oxygen atoms in total. The van der Waals surface area contributed by atoms with Gasteiger partial charge in [0.05, 0.1) is 0 Å². The normalized spacial score (nSPS) is 19.1. The average molecular weight is 483 g/mol. The molecule has 3 heterocycles. The van der Waals surface area contributed by atoms with Crippen molar-refractivity contribution in [3.05, 3.63) is 42.5 Å². The molecule has 0 radical (unpaired) electrons. The number of nitrogens with zero attached hydrogens (tertiary/aromatic N) is 5. The van der Waals surface area contributed by atoms with Crippen LogP contribution in [0.3, 0.4) is 0 Å². The first-order chi connectivity index (χ1) is 17.2. The number of piperidine rings is 1. The number of carbonyl (C=O) groups is 1. The molecule has 1 aromatic carbocycles. The molecule has 0 amide bonds. The molecule has 0 aliphatic carbocycles. The monoisotopic (exact) mass is 482 g/mol. The molecule has 2 aliphatic heterocycles. The number of aromatic nitrogens is 2. The molecule has 35 heavy (non-hydrogen) atoms. The standard InChI is InChI=1S/C27H39FN6O/c28-23-9-7-11-25(19-23)34-13-8-10-24(21-34)31-26-20-27(30-22-29-26)33-16-14-32(15-17-33)12-5-3-1-2-4-6-18-35/h7,9,11,18-20,22,24H,1-6,8,10,12-17,21H2,(H,29,30,31)/t24-/m1/s1. The van der Waals surface area contributed by atoms with Gasteiger partial charge >= 0.3 is 0 Å². The lowest BCUT2D eigenvalue weighted by Gasteiger charge is -2.36. The molecule has 0 spiro atoms. The summed E-state index contributed by atoms with van der Waals surface area (Å²) >= 11 is 0. The van der Waals surface area contributed by atoms with Gasteiger partial charge in [-0.1, -0.05) is 25.3 Å². The smallest absolute Gasteiger partial charge is 0.134 e. The van der Waals surface area contributed by atoms with E-state index in [0.717, 1.165) is 88.7 Å². The van der Waals surface area contributed by atoms with Gasteiger partial charge in [0.2, 0.25) is 0 Å². The first kappa shape index (κ1) is 25.4. The fourth-order valence-electron chi connectivity index (χ4n) is 5.10. The molecule has 2 aromatic rings. The molecule has 2 fully saturated rings. The van der Waals surface area contributed by atoms with Gasteiger partial charge in [0.25, 0.3) is 0 Å². The summed E-state index contributed by atoms with van der Waals surface area (Å²) in [5, 5.41) is 3.59. The maximum absolute atomic E-state index is 13.7. The van der Waals surface area contributed by atoms with E-state index in [4.69, 9.17) is 0 Å². The van der Waals surface area contributed by atoms with Gasteiger partial charge in [-0.25, -0.2) is 14.4 Å². The second-order valence-corrected chi connectivity index (χ2v) is 9.72. The topological polar surface area (TPSA) is 64.6 Å². The van der Waals surface area contributed by atoms with Crippen LogP contribution in [0.15, 0.2) is 36.7 Å². The minimum Gasteiger partial charge on any atom is -0.369 e. The Hall–Kier alpha value is -2.74. The molecule has 190 valence electrons. The van der Waals surface area contributed by atoms with Crippen LogP contribution in [0, 0.1) is 5.82 Å². The van der Waals surface area contributed by atoms with Crippen LogP contribution in [0.4, 0.5) is 21.7 Å². The zero-order chi connectivity index (χ0) is 24.3. The van der Waals surface area contributed by atoms with Crippen LogP contribution in [0.5, 0.6) is 0 Å². The second kappa shape index (κ2) is 13.4. The number of unbranched alkanes of at least 4 members (excludes halogenated alkanes) is 5. The van der Waals surface area contributed by atoms with Crippen LogP contribution in [0.25, 0.3) is 0 Å². The Bertz CT molecular complexity index is 920. The Kier molecular flexibility index (Phi) is 9.69. The van der Waals surface area contributed by atoms with E-state index < -0.39 is 0 Å². The van der Waals surface area contributed by atoms with Gasteiger partial charge in [0, 0.05) is 63.5 Å². The number of aldehydes is 1. The first-order valence-corrected chi connectivity index (χ1v) is 13.2. The molecular weight excluding hydrogens is 443 g/mol. The largest absolute Gasteiger partial charge is 0.369 e. The number of hydrogen-bond acceptors (Lipinski definition) is 7. The number of halogens is 1. The highest BCUT2D eigenvalue weighted by Crippen LogP contribution is 2.23. The number of anilines is 3. The van der Waals surface area contributed by atoms with Crippen molar-refractivity contribution in [3.63, 3.8) is 0 Å². The van der Waals surface area contributed by atoms with Crippen molar-refractivity contribution in [1.29, 1.82) is 0 Å². The minimum absolute atomic E-state index is 0.191. The van der Waals surface area contributed by atoms with Crippen molar-refractivity contribution >= 4 is 23.6 Å². The SMILES string of the molecule is O=CCCCCCCCN1CCN(c2cc(N[C@@H]3CCCN(c4cccc(F)c4)C3)ncn2)CC1. The third kappa shape index (κ3) is 7.88. The summed E-state index contributed by atoms with van der Waals surface area (Å²) in [5.74, 6) is 1.65. The summed E-state index contributed by atoms with van der Waals surface area (Å²) in [4.78, 5) is 26.5. The lowest BCUT2D eigenvalue weighted by atomic mass is 10.0.